The van der Waals surface area contributed by atoms with Crippen molar-refractivity contribution in [2.75, 3.05) is 31.6 Å². The molecular weight excluding hydrogens is 490 g/mol. The Labute approximate surface area is 225 Å². The maximum absolute atomic E-state index is 13.3. The third kappa shape index (κ3) is 6.47. The third-order valence-corrected chi connectivity index (χ3v) is 7.56. The second-order valence-corrected chi connectivity index (χ2v) is 11.9. The molecule has 0 N–H and O–H groups in total. The molecule has 4 rings (SSSR count). The number of likely N-dealkylation sites (tertiary alicyclic amines) is 1. The van der Waals surface area contributed by atoms with E-state index in [2.05, 4.69) is 54.0 Å². The Morgan fingerprint density at radius 2 is 1.89 bits per heavy atom. The van der Waals surface area contributed by atoms with Crippen LogP contribution >= 0.6 is 11.6 Å². The standard InChI is InChI=1S/C28H40ClN5O3/c1-19-9-10-21(24(15-19)32-12-7-8-13-32)17-31(6)22-11-14-33(20(2)16-22)27(36)34-18-23(29)25(30-34)26(35)37-28(3,4)5/h9-10,15,18,20,22H,7-8,11-14,16-17H2,1-6H3/t20-,22?/m0/s1. The predicted molar refractivity (Wildman–Crippen MR) is 146 cm³/mol. The van der Waals surface area contributed by atoms with Crippen LogP contribution in [0.15, 0.2) is 24.4 Å². The number of carbonyl (C=O) groups excluding carboxylic acids is 2. The molecule has 0 bridgehead atoms. The van der Waals surface area contributed by atoms with Crippen LogP contribution in [0.4, 0.5) is 10.5 Å². The van der Waals surface area contributed by atoms with Crippen molar-refractivity contribution in [3.8, 4) is 0 Å². The summed E-state index contributed by atoms with van der Waals surface area (Å²) >= 11 is 6.23. The molecule has 0 spiro atoms. The van der Waals surface area contributed by atoms with Gasteiger partial charge in [0.15, 0.2) is 5.69 Å². The Hall–Kier alpha value is -2.58. The van der Waals surface area contributed by atoms with Crippen LogP contribution in [0.1, 0.15) is 75.0 Å². The highest BCUT2D eigenvalue weighted by Gasteiger charge is 2.33. The molecular formula is C28H40ClN5O3. The van der Waals surface area contributed by atoms with E-state index in [9.17, 15) is 9.59 Å². The highest BCUT2D eigenvalue weighted by Crippen LogP contribution is 2.29. The molecule has 202 valence electrons. The van der Waals surface area contributed by atoms with Crippen LogP contribution in [0, 0.1) is 6.92 Å². The molecule has 8 nitrogen and oxygen atoms in total. The Bertz CT molecular complexity index is 1140. The van der Waals surface area contributed by atoms with E-state index in [1.165, 1.54) is 35.9 Å². The molecule has 0 radical (unpaired) electrons. The molecule has 2 fully saturated rings. The van der Waals surface area contributed by atoms with E-state index in [0.29, 0.717) is 12.6 Å². The minimum Gasteiger partial charge on any atom is -0.455 e. The number of aromatic nitrogens is 2. The van der Waals surface area contributed by atoms with Gasteiger partial charge in [-0.25, -0.2) is 9.59 Å². The van der Waals surface area contributed by atoms with Gasteiger partial charge in [-0.2, -0.15) is 9.78 Å². The van der Waals surface area contributed by atoms with Crippen molar-refractivity contribution >= 4 is 29.3 Å². The molecule has 2 aliphatic heterocycles. The number of hydrogen-bond donors (Lipinski definition) is 0. The monoisotopic (exact) mass is 529 g/mol. The van der Waals surface area contributed by atoms with Crippen molar-refractivity contribution in [2.45, 2.75) is 84.5 Å². The van der Waals surface area contributed by atoms with Gasteiger partial charge in [-0.15, -0.1) is 0 Å². The van der Waals surface area contributed by atoms with E-state index in [0.717, 1.165) is 37.2 Å². The maximum atomic E-state index is 13.3. The van der Waals surface area contributed by atoms with Crippen LogP contribution in [0.5, 0.6) is 0 Å². The molecule has 2 atom stereocenters. The van der Waals surface area contributed by atoms with Gasteiger partial charge in [-0.05, 0) is 84.5 Å². The normalized spacial score (nSPS) is 20.5. The fourth-order valence-corrected chi connectivity index (χ4v) is 5.54. The Morgan fingerprint density at radius 3 is 2.54 bits per heavy atom. The summed E-state index contributed by atoms with van der Waals surface area (Å²) in [4.78, 5) is 32.5. The Kier molecular flexibility index (Phi) is 8.19. The molecule has 2 aromatic rings. The molecule has 1 unspecified atom stereocenters. The van der Waals surface area contributed by atoms with Gasteiger partial charge in [0.1, 0.15) is 5.60 Å². The molecule has 2 saturated heterocycles. The molecule has 3 heterocycles. The maximum Gasteiger partial charge on any atom is 0.360 e. The van der Waals surface area contributed by atoms with E-state index in [4.69, 9.17) is 16.3 Å². The van der Waals surface area contributed by atoms with Crippen LogP contribution in [0.25, 0.3) is 0 Å². The second kappa shape index (κ2) is 11.0. The lowest BCUT2D eigenvalue weighted by Gasteiger charge is -2.41. The number of aryl methyl sites for hydroxylation is 1. The minimum atomic E-state index is -0.676. The van der Waals surface area contributed by atoms with Crippen molar-refractivity contribution in [1.29, 1.82) is 0 Å². The van der Waals surface area contributed by atoms with Crippen LogP contribution < -0.4 is 4.90 Å². The lowest BCUT2D eigenvalue weighted by molar-refractivity contribution is 0.00625. The molecule has 0 saturated carbocycles. The minimum absolute atomic E-state index is 0.0257. The lowest BCUT2D eigenvalue weighted by Crippen LogP contribution is -2.51. The summed E-state index contributed by atoms with van der Waals surface area (Å²) in [6, 6.07) is 6.90. The molecule has 1 amide bonds. The summed E-state index contributed by atoms with van der Waals surface area (Å²) in [5.41, 5.74) is 3.30. The molecule has 1 aromatic carbocycles. The zero-order valence-corrected chi connectivity index (χ0v) is 23.7. The van der Waals surface area contributed by atoms with Gasteiger partial charge < -0.3 is 14.5 Å². The van der Waals surface area contributed by atoms with Gasteiger partial charge in [0, 0.05) is 44.0 Å². The van der Waals surface area contributed by atoms with E-state index < -0.39 is 11.6 Å². The SMILES string of the molecule is Cc1ccc(CN(C)C2CCN(C(=O)n3cc(Cl)c(C(=O)OC(C)(C)C)n3)[C@@H](C)C2)c(N2CCCC2)c1. The first kappa shape index (κ1) is 27.5. The van der Waals surface area contributed by atoms with E-state index >= 15 is 0 Å². The molecule has 2 aliphatic rings. The number of anilines is 1. The number of ether oxygens (including phenoxy) is 1. The molecule has 37 heavy (non-hydrogen) atoms. The Morgan fingerprint density at radius 1 is 1.19 bits per heavy atom. The Balaban J connectivity index is 1.40. The zero-order chi connectivity index (χ0) is 26.9. The summed E-state index contributed by atoms with van der Waals surface area (Å²) in [6.45, 7) is 13.3. The van der Waals surface area contributed by atoms with Crippen molar-refractivity contribution in [3.63, 3.8) is 0 Å². The summed E-state index contributed by atoms with van der Waals surface area (Å²) in [5, 5.41) is 4.28. The summed E-state index contributed by atoms with van der Waals surface area (Å²) in [5.74, 6) is -0.637. The number of esters is 1. The first-order valence-electron chi connectivity index (χ1n) is 13.3. The number of hydrogen-bond acceptors (Lipinski definition) is 6. The number of amides is 1. The number of rotatable bonds is 5. The molecule has 9 heteroatoms. The van der Waals surface area contributed by atoms with E-state index in [1.54, 1.807) is 20.8 Å². The highest BCUT2D eigenvalue weighted by molar-refractivity contribution is 6.33. The average Bonchev–Trinajstić information content (AvgIpc) is 3.48. The fraction of sp³-hybridized carbons (Fsp3) is 0.607. The smallest absolute Gasteiger partial charge is 0.360 e. The highest BCUT2D eigenvalue weighted by atomic mass is 35.5. The first-order valence-corrected chi connectivity index (χ1v) is 13.6. The fourth-order valence-electron chi connectivity index (χ4n) is 5.34. The van der Waals surface area contributed by atoms with Crippen molar-refractivity contribution < 1.29 is 14.3 Å². The van der Waals surface area contributed by atoms with Gasteiger partial charge in [-0.3, -0.25) is 4.90 Å². The summed E-state index contributed by atoms with van der Waals surface area (Å²) in [6.07, 6.45) is 5.64. The van der Waals surface area contributed by atoms with Gasteiger partial charge in [0.2, 0.25) is 0 Å². The zero-order valence-electron chi connectivity index (χ0n) is 23.0. The number of halogens is 1. The van der Waals surface area contributed by atoms with Gasteiger partial charge in [-0.1, -0.05) is 23.7 Å². The number of nitrogens with zero attached hydrogens (tertiary/aromatic N) is 5. The van der Waals surface area contributed by atoms with Crippen molar-refractivity contribution in [1.82, 2.24) is 19.6 Å². The second-order valence-electron chi connectivity index (χ2n) is 11.5. The number of carbonyl (C=O) groups is 2. The van der Waals surface area contributed by atoms with Gasteiger partial charge >= 0.3 is 12.0 Å². The lowest BCUT2D eigenvalue weighted by atomic mass is 9.96. The van der Waals surface area contributed by atoms with Crippen LogP contribution in [-0.4, -0.2) is 75.9 Å². The predicted octanol–water partition coefficient (Wildman–Crippen LogP) is 5.35. The quantitative estimate of drug-likeness (QED) is 0.486. The van der Waals surface area contributed by atoms with Gasteiger partial charge in [0.05, 0.1) is 11.2 Å². The van der Waals surface area contributed by atoms with Crippen molar-refractivity contribution in [3.05, 3.63) is 46.2 Å². The summed E-state index contributed by atoms with van der Waals surface area (Å²) < 4.78 is 6.53. The number of piperidine rings is 1. The third-order valence-electron chi connectivity index (χ3n) is 7.28. The van der Waals surface area contributed by atoms with Crippen LogP contribution in [0.3, 0.4) is 0 Å². The van der Waals surface area contributed by atoms with Gasteiger partial charge in [0.25, 0.3) is 0 Å². The number of benzene rings is 1. The topological polar surface area (TPSA) is 70.9 Å². The molecule has 1 aromatic heterocycles. The molecule has 0 aliphatic carbocycles. The first-order chi connectivity index (χ1) is 17.4. The largest absolute Gasteiger partial charge is 0.455 e. The van der Waals surface area contributed by atoms with Crippen LogP contribution in [-0.2, 0) is 11.3 Å². The average molecular weight is 530 g/mol. The van der Waals surface area contributed by atoms with E-state index in [1.807, 2.05) is 4.90 Å². The summed E-state index contributed by atoms with van der Waals surface area (Å²) in [7, 11) is 2.18. The van der Waals surface area contributed by atoms with Crippen LogP contribution in [0.2, 0.25) is 5.02 Å². The van der Waals surface area contributed by atoms with Crippen molar-refractivity contribution in [2.24, 2.45) is 0 Å². The van der Waals surface area contributed by atoms with E-state index in [-0.39, 0.29) is 22.8 Å².